The summed E-state index contributed by atoms with van der Waals surface area (Å²) in [4.78, 5) is 18.6. The van der Waals surface area contributed by atoms with E-state index in [1.165, 1.54) is 0 Å². The molecule has 0 amide bonds. The molecule has 5 N–H and O–H groups in total. The van der Waals surface area contributed by atoms with Crippen molar-refractivity contribution in [2.24, 2.45) is 11.7 Å². The van der Waals surface area contributed by atoms with E-state index in [0.29, 0.717) is 32.1 Å². The summed E-state index contributed by atoms with van der Waals surface area (Å²) in [5.74, 6) is -1.08. The smallest absolute Gasteiger partial charge is 0.451 e. The number of carbonyl (C=O) groups is 1. The molecule has 160 valence electrons. The van der Waals surface area contributed by atoms with Crippen LogP contribution in [0.25, 0.3) is 11.3 Å². The number of aromatic nitrogens is 1. The van der Waals surface area contributed by atoms with E-state index in [2.05, 4.69) is 9.88 Å². The summed E-state index contributed by atoms with van der Waals surface area (Å²) in [6.07, 6.45) is 4.94. The maximum atomic E-state index is 11.9. The minimum atomic E-state index is -1.36. The van der Waals surface area contributed by atoms with Crippen molar-refractivity contribution in [3.8, 4) is 11.3 Å². The third kappa shape index (κ3) is 5.01. The van der Waals surface area contributed by atoms with Crippen LogP contribution in [-0.2, 0) is 4.79 Å². The van der Waals surface area contributed by atoms with Crippen LogP contribution in [0.15, 0.2) is 48.7 Å². The zero-order chi connectivity index (χ0) is 21.7. The third-order valence-electron chi connectivity index (χ3n) is 6.32. The Hall–Kier alpha value is -2.42. The molecule has 0 spiro atoms. The van der Waals surface area contributed by atoms with E-state index in [9.17, 15) is 9.90 Å². The molecule has 1 fully saturated rings. The molecule has 1 heterocycles. The highest BCUT2D eigenvalue weighted by atomic mass is 16.4. The zero-order valence-electron chi connectivity index (χ0n) is 17.3. The fourth-order valence-electron chi connectivity index (χ4n) is 4.14. The zero-order valence-corrected chi connectivity index (χ0v) is 17.3. The number of rotatable bonds is 10. The molecule has 8 heteroatoms. The number of nitrogens with zero attached hydrogens (tertiary/aromatic N) is 2. The normalized spacial score (nSPS) is 20.1. The highest BCUT2D eigenvalue weighted by molar-refractivity contribution is 6.40. The van der Waals surface area contributed by atoms with Crippen LogP contribution in [0, 0.1) is 5.92 Å². The predicted octanol–water partition coefficient (Wildman–Crippen LogP) is 2.39. The highest BCUT2D eigenvalue weighted by Gasteiger charge is 2.49. The molecule has 7 nitrogen and oxygen atoms in total. The monoisotopic (exact) mass is 411 g/mol. The molecule has 1 atom stereocenters. The second-order valence-corrected chi connectivity index (χ2v) is 8.27. The number of benzene rings is 1. The van der Waals surface area contributed by atoms with Crippen LogP contribution in [0.1, 0.15) is 32.1 Å². The maximum Gasteiger partial charge on any atom is 0.451 e. The first-order valence-corrected chi connectivity index (χ1v) is 10.4. The number of pyridine rings is 1. The van der Waals surface area contributed by atoms with E-state index < -0.39 is 18.6 Å². The van der Waals surface area contributed by atoms with E-state index in [4.69, 9.17) is 15.8 Å². The number of unbranched alkanes of at least 4 members (excludes halogenated alkanes) is 1. The lowest BCUT2D eigenvalue weighted by molar-refractivity contribution is -0.147. The van der Waals surface area contributed by atoms with E-state index in [0.717, 1.165) is 16.9 Å². The largest absolute Gasteiger partial charge is 0.480 e. The van der Waals surface area contributed by atoms with Crippen LogP contribution in [-0.4, -0.2) is 51.9 Å². The Bertz CT molecular complexity index is 828. The molecule has 3 rings (SSSR count). The third-order valence-corrected chi connectivity index (χ3v) is 6.32. The Morgan fingerprint density at radius 1 is 1.20 bits per heavy atom. The van der Waals surface area contributed by atoms with Gasteiger partial charge in [-0.15, -0.1) is 0 Å². The second-order valence-electron chi connectivity index (χ2n) is 8.27. The van der Waals surface area contributed by atoms with Gasteiger partial charge in [0.1, 0.15) is 5.54 Å². The standard InChI is InChI=1S/C22H30BN3O4/c1-26(18-9-10-20(25-15-18)16-7-3-2-4-8-16)19-13-17(14-19)22(24,21(27)28)11-5-6-12-23(29)30/h2-4,7-10,15,17,19,29-30H,5-6,11-14,24H2,1H3,(H,27,28)/t17?,19?,22-/m0/s1. The lowest BCUT2D eigenvalue weighted by Gasteiger charge is -2.48. The van der Waals surface area contributed by atoms with Gasteiger partial charge in [0.2, 0.25) is 0 Å². The van der Waals surface area contributed by atoms with Gasteiger partial charge in [0.25, 0.3) is 0 Å². The Labute approximate surface area is 177 Å². The first kappa shape index (κ1) is 22.3. The van der Waals surface area contributed by atoms with Crippen LogP contribution < -0.4 is 10.6 Å². The lowest BCUT2D eigenvalue weighted by atomic mass is 9.65. The highest BCUT2D eigenvalue weighted by Crippen LogP contribution is 2.41. The molecule has 1 aliphatic rings. The average molecular weight is 411 g/mol. The van der Waals surface area contributed by atoms with Gasteiger partial charge in [-0.3, -0.25) is 9.78 Å². The van der Waals surface area contributed by atoms with Crippen molar-refractivity contribution in [2.45, 2.75) is 50.0 Å². The fourth-order valence-corrected chi connectivity index (χ4v) is 4.14. The number of aliphatic carboxylic acids is 1. The summed E-state index contributed by atoms with van der Waals surface area (Å²) in [6.45, 7) is 0. The van der Waals surface area contributed by atoms with Crippen LogP contribution in [0.5, 0.6) is 0 Å². The van der Waals surface area contributed by atoms with Crippen LogP contribution in [0.4, 0.5) is 5.69 Å². The molecule has 1 aliphatic carbocycles. The number of hydrogen-bond donors (Lipinski definition) is 4. The molecular weight excluding hydrogens is 381 g/mol. The molecule has 1 saturated carbocycles. The maximum absolute atomic E-state index is 11.9. The van der Waals surface area contributed by atoms with Crippen molar-refractivity contribution in [3.63, 3.8) is 0 Å². The molecular formula is C22H30BN3O4. The van der Waals surface area contributed by atoms with E-state index in [1.54, 1.807) is 0 Å². The summed E-state index contributed by atoms with van der Waals surface area (Å²) < 4.78 is 0. The summed E-state index contributed by atoms with van der Waals surface area (Å²) in [7, 11) is 0.646. The number of anilines is 1. The lowest BCUT2D eigenvalue weighted by Crippen LogP contribution is -2.61. The number of carboxylic acid groups (broad SMARTS) is 1. The van der Waals surface area contributed by atoms with Gasteiger partial charge in [-0.2, -0.15) is 0 Å². The minimum Gasteiger partial charge on any atom is -0.480 e. The summed E-state index contributed by atoms with van der Waals surface area (Å²) in [5, 5.41) is 27.6. The molecule has 2 aromatic rings. The molecule has 0 aliphatic heterocycles. The van der Waals surface area contributed by atoms with Crippen molar-refractivity contribution < 1.29 is 19.9 Å². The van der Waals surface area contributed by atoms with Crippen LogP contribution >= 0.6 is 0 Å². The van der Waals surface area contributed by atoms with Gasteiger partial charge in [0.05, 0.1) is 17.6 Å². The molecule has 0 unspecified atom stereocenters. The van der Waals surface area contributed by atoms with Gasteiger partial charge in [-0.05, 0) is 43.6 Å². The van der Waals surface area contributed by atoms with Crippen LogP contribution in [0.2, 0.25) is 6.32 Å². The van der Waals surface area contributed by atoms with E-state index in [1.807, 2.05) is 55.7 Å². The van der Waals surface area contributed by atoms with Crippen molar-refractivity contribution in [3.05, 3.63) is 48.7 Å². The molecule has 30 heavy (non-hydrogen) atoms. The van der Waals surface area contributed by atoms with E-state index in [-0.39, 0.29) is 18.3 Å². The van der Waals surface area contributed by atoms with Crippen molar-refractivity contribution >= 4 is 18.8 Å². The Morgan fingerprint density at radius 2 is 1.90 bits per heavy atom. The summed E-state index contributed by atoms with van der Waals surface area (Å²) in [5.41, 5.74) is 8.00. The SMILES string of the molecule is CN(c1ccc(-c2ccccc2)nc1)C1CC([C@@](N)(CCCCB(O)O)C(=O)O)C1. The van der Waals surface area contributed by atoms with Gasteiger partial charge in [-0.1, -0.05) is 43.2 Å². The topological polar surface area (TPSA) is 120 Å². The molecule has 0 bridgehead atoms. The molecule has 1 aromatic carbocycles. The van der Waals surface area contributed by atoms with Crippen molar-refractivity contribution in [2.75, 3.05) is 11.9 Å². The Balaban J connectivity index is 1.57. The Kier molecular flexibility index (Phi) is 7.12. The predicted molar refractivity (Wildman–Crippen MR) is 118 cm³/mol. The van der Waals surface area contributed by atoms with Gasteiger partial charge >= 0.3 is 13.1 Å². The Morgan fingerprint density at radius 3 is 2.47 bits per heavy atom. The van der Waals surface area contributed by atoms with Crippen LogP contribution in [0.3, 0.4) is 0 Å². The fraction of sp³-hybridized carbons (Fsp3) is 0.455. The molecule has 0 radical (unpaired) electrons. The molecule has 1 aromatic heterocycles. The quantitative estimate of drug-likeness (QED) is 0.350. The number of carboxylic acids is 1. The van der Waals surface area contributed by atoms with Gasteiger partial charge in [0, 0.05) is 18.7 Å². The number of nitrogens with two attached hydrogens (primary N) is 1. The minimum absolute atomic E-state index is 0.0990. The molecule has 0 saturated heterocycles. The van der Waals surface area contributed by atoms with Gasteiger partial charge in [-0.25, -0.2) is 0 Å². The van der Waals surface area contributed by atoms with E-state index >= 15 is 0 Å². The summed E-state index contributed by atoms with van der Waals surface area (Å²) in [6, 6.07) is 14.3. The first-order chi connectivity index (χ1) is 14.3. The average Bonchev–Trinajstić information content (AvgIpc) is 2.70. The van der Waals surface area contributed by atoms with Crippen molar-refractivity contribution in [1.82, 2.24) is 4.98 Å². The number of hydrogen-bond acceptors (Lipinski definition) is 6. The van der Waals surface area contributed by atoms with Gasteiger partial charge < -0.3 is 25.8 Å². The van der Waals surface area contributed by atoms with Gasteiger partial charge in [0.15, 0.2) is 0 Å². The van der Waals surface area contributed by atoms with Crippen molar-refractivity contribution in [1.29, 1.82) is 0 Å². The first-order valence-electron chi connectivity index (χ1n) is 10.4. The summed E-state index contributed by atoms with van der Waals surface area (Å²) >= 11 is 0. The second kappa shape index (κ2) is 9.60.